The predicted octanol–water partition coefficient (Wildman–Crippen LogP) is 2.85. The molecule has 2 fully saturated rings. The molecule has 2 aliphatic rings. The van der Waals surface area contributed by atoms with Crippen molar-refractivity contribution in [3.05, 3.63) is 51.8 Å². The standard InChI is InChI=1S/C22H22FN5O5/c23-17-12-18-16(11-19(17)26-7-9-32-10-8-26)22(27-6-5-14(29)13-27)25-20(24-18)3-1-15-2-4-21(33-15)28(30)31/h1-4,11-12,14,29H,5-10,13H2/b3-1+. The van der Waals surface area contributed by atoms with Crippen LogP contribution in [0.2, 0.25) is 0 Å². The van der Waals surface area contributed by atoms with Gasteiger partial charge in [-0.3, -0.25) is 10.1 Å². The van der Waals surface area contributed by atoms with Gasteiger partial charge < -0.3 is 24.1 Å². The van der Waals surface area contributed by atoms with Gasteiger partial charge in [-0.25, -0.2) is 14.4 Å². The van der Waals surface area contributed by atoms with Crippen LogP contribution < -0.4 is 9.80 Å². The lowest BCUT2D eigenvalue weighted by Crippen LogP contribution is -2.36. The minimum absolute atomic E-state index is 0.275. The number of benzene rings is 1. The Morgan fingerprint density at radius 2 is 1.97 bits per heavy atom. The number of hydrogen-bond acceptors (Lipinski definition) is 9. The van der Waals surface area contributed by atoms with E-state index in [1.807, 2.05) is 9.80 Å². The van der Waals surface area contributed by atoms with Gasteiger partial charge in [0.2, 0.25) is 0 Å². The van der Waals surface area contributed by atoms with Gasteiger partial charge in [0, 0.05) is 37.6 Å². The van der Waals surface area contributed by atoms with Crippen LogP contribution in [0, 0.1) is 15.9 Å². The van der Waals surface area contributed by atoms with Crippen LogP contribution >= 0.6 is 0 Å². The topological polar surface area (TPSA) is 118 Å². The SMILES string of the molecule is O=[N+]([O-])c1ccc(/C=C/c2nc(N3CCC(O)C3)c3cc(N4CCOCC4)c(F)cc3n2)o1. The van der Waals surface area contributed by atoms with E-state index in [0.29, 0.717) is 74.0 Å². The van der Waals surface area contributed by atoms with E-state index in [2.05, 4.69) is 9.97 Å². The number of fused-ring (bicyclic) bond motifs is 1. The van der Waals surface area contributed by atoms with E-state index in [-0.39, 0.29) is 17.5 Å². The maximum atomic E-state index is 15.0. The van der Waals surface area contributed by atoms with Crippen molar-refractivity contribution in [1.29, 1.82) is 0 Å². The Balaban J connectivity index is 1.56. The molecule has 1 aromatic carbocycles. The zero-order chi connectivity index (χ0) is 22.9. The largest absolute Gasteiger partial charge is 0.433 e. The summed E-state index contributed by atoms with van der Waals surface area (Å²) in [6.45, 7) is 3.30. The lowest BCUT2D eigenvalue weighted by atomic mass is 10.1. The maximum absolute atomic E-state index is 15.0. The van der Waals surface area contributed by atoms with E-state index < -0.39 is 11.0 Å². The van der Waals surface area contributed by atoms with E-state index in [1.165, 1.54) is 24.3 Å². The summed E-state index contributed by atoms with van der Waals surface area (Å²) in [5, 5.41) is 21.6. The van der Waals surface area contributed by atoms with E-state index in [0.717, 1.165) is 0 Å². The summed E-state index contributed by atoms with van der Waals surface area (Å²) in [5.74, 6) is 0.440. The molecule has 0 amide bonds. The highest BCUT2D eigenvalue weighted by molar-refractivity contribution is 5.93. The summed E-state index contributed by atoms with van der Waals surface area (Å²) in [4.78, 5) is 23.3. The van der Waals surface area contributed by atoms with E-state index >= 15 is 4.39 Å². The van der Waals surface area contributed by atoms with Crippen LogP contribution in [0.4, 0.5) is 21.8 Å². The quantitative estimate of drug-likeness (QED) is 0.458. The van der Waals surface area contributed by atoms with E-state index in [1.54, 1.807) is 12.1 Å². The summed E-state index contributed by atoms with van der Waals surface area (Å²) in [7, 11) is 0. The number of furan rings is 1. The summed E-state index contributed by atoms with van der Waals surface area (Å²) >= 11 is 0. The summed E-state index contributed by atoms with van der Waals surface area (Å²) in [6.07, 6.45) is 3.24. The third-order valence-corrected chi connectivity index (χ3v) is 5.77. The van der Waals surface area contributed by atoms with Gasteiger partial charge in [0.15, 0.2) is 5.82 Å². The van der Waals surface area contributed by atoms with Crippen molar-refractivity contribution in [2.75, 3.05) is 49.2 Å². The lowest BCUT2D eigenvalue weighted by Gasteiger charge is -2.29. The van der Waals surface area contributed by atoms with Gasteiger partial charge in [0.05, 0.1) is 36.6 Å². The van der Waals surface area contributed by atoms with Gasteiger partial charge >= 0.3 is 5.88 Å². The average molecular weight is 455 g/mol. The number of nitrogens with zero attached hydrogens (tertiary/aromatic N) is 5. The van der Waals surface area contributed by atoms with Gasteiger partial charge in [-0.2, -0.15) is 0 Å². The Hall–Kier alpha value is -3.57. The fraction of sp³-hybridized carbons (Fsp3) is 0.364. The molecule has 2 saturated heterocycles. The molecule has 0 radical (unpaired) electrons. The zero-order valence-corrected chi connectivity index (χ0v) is 17.7. The molecular formula is C22H22FN5O5. The number of aromatic nitrogens is 2. The van der Waals surface area contributed by atoms with Crippen molar-refractivity contribution in [3.63, 3.8) is 0 Å². The number of aliphatic hydroxyl groups excluding tert-OH is 1. The first kappa shape index (κ1) is 21.3. The third kappa shape index (κ3) is 4.37. The fourth-order valence-corrected chi connectivity index (χ4v) is 4.12. The molecule has 11 heteroatoms. The predicted molar refractivity (Wildman–Crippen MR) is 120 cm³/mol. The van der Waals surface area contributed by atoms with Crippen LogP contribution in [0.5, 0.6) is 0 Å². The van der Waals surface area contributed by atoms with Gasteiger partial charge in [-0.05, 0) is 30.7 Å². The van der Waals surface area contributed by atoms with Crippen molar-refractivity contribution in [3.8, 4) is 0 Å². The molecule has 3 aromatic rings. The molecular weight excluding hydrogens is 433 g/mol. The smallest absolute Gasteiger partial charge is 0.401 e. The molecule has 0 spiro atoms. The lowest BCUT2D eigenvalue weighted by molar-refractivity contribution is -0.402. The molecule has 33 heavy (non-hydrogen) atoms. The molecule has 4 heterocycles. The highest BCUT2D eigenvalue weighted by Crippen LogP contribution is 2.33. The summed E-state index contributed by atoms with van der Waals surface area (Å²) in [6, 6.07) is 5.90. The van der Waals surface area contributed by atoms with Crippen molar-refractivity contribution < 1.29 is 23.6 Å². The number of rotatable bonds is 5. The minimum Gasteiger partial charge on any atom is -0.401 e. The highest BCUT2D eigenvalue weighted by Gasteiger charge is 2.25. The van der Waals surface area contributed by atoms with Gasteiger partial charge in [-0.1, -0.05) is 0 Å². The zero-order valence-electron chi connectivity index (χ0n) is 17.7. The first-order valence-corrected chi connectivity index (χ1v) is 10.7. The van der Waals surface area contributed by atoms with Gasteiger partial charge in [0.25, 0.3) is 0 Å². The van der Waals surface area contributed by atoms with E-state index in [9.17, 15) is 15.2 Å². The number of halogens is 1. The summed E-state index contributed by atoms with van der Waals surface area (Å²) in [5.41, 5.74) is 0.905. The molecule has 1 N–H and O–H groups in total. The molecule has 2 aromatic heterocycles. The number of β-amino-alcohol motifs (C(OH)–C–C–N with tert-alkyl or cyclic N) is 1. The minimum atomic E-state index is -0.616. The van der Waals surface area contributed by atoms with Gasteiger partial charge in [-0.15, -0.1) is 0 Å². The Morgan fingerprint density at radius 1 is 1.15 bits per heavy atom. The summed E-state index contributed by atoms with van der Waals surface area (Å²) < 4.78 is 25.6. The molecule has 0 aliphatic carbocycles. The van der Waals surface area contributed by atoms with Crippen molar-refractivity contribution in [2.45, 2.75) is 12.5 Å². The Labute approximate surface area is 188 Å². The first-order chi connectivity index (χ1) is 16.0. The third-order valence-electron chi connectivity index (χ3n) is 5.77. The Kier molecular flexibility index (Phi) is 5.65. The Bertz CT molecular complexity index is 1220. The highest BCUT2D eigenvalue weighted by atomic mass is 19.1. The van der Waals surface area contributed by atoms with Crippen LogP contribution in [-0.4, -0.2) is 65.5 Å². The molecule has 1 unspecified atom stereocenters. The van der Waals surface area contributed by atoms with Crippen molar-refractivity contribution >= 4 is 40.4 Å². The van der Waals surface area contributed by atoms with Crippen LogP contribution in [-0.2, 0) is 4.74 Å². The first-order valence-electron chi connectivity index (χ1n) is 10.7. The number of hydrogen-bond donors (Lipinski definition) is 1. The molecule has 0 saturated carbocycles. The number of ether oxygens (including phenoxy) is 1. The molecule has 172 valence electrons. The maximum Gasteiger partial charge on any atom is 0.433 e. The number of anilines is 2. The number of nitro groups is 1. The van der Waals surface area contributed by atoms with E-state index in [4.69, 9.17) is 9.15 Å². The second-order valence-electron chi connectivity index (χ2n) is 7.98. The van der Waals surface area contributed by atoms with Gasteiger partial charge in [0.1, 0.15) is 22.3 Å². The molecule has 5 rings (SSSR count). The molecule has 1 atom stereocenters. The second-order valence-corrected chi connectivity index (χ2v) is 7.98. The normalized spacial score (nSPS) is 19.2. The number of aliphatic hydroxyl groups is 1. The second kappa shape index (κ2) is 8.75. The van der Waals surface area contributed by atoms with Crippen LogP contribution in [0.1, 0.15) is 18.0 Å². The average Bonchev–Trinajstić information content (AvgIpc) is 3.46. The van der Waals surface area contributed by atoms with Crippen LogP contribution in [0.15, 0.2) is 28.7 Å². The van der Waals surface area contributed by atoms with Crippen LogP contribution in [0.3, 0.4) is 0 Å². The van der Waals surface area contributed by atoms with Crippen molar-refractivity contribution in [1.82, 2.24) is 9.97 Å². The van der Waals surface area contributed by atoms with Crippen LogP contribution in [0.25, 0.3) is 23.1 Å². The molecule has 10 nitrogen and oxygen atoms in total. The molecule has 2 aliphatic heterocycles. The molecule has 0 bridgehead atoms. The monoisotopic (exact) mass is 455 g/mol. The number of morpholine rings is 1. The Morgan fingerprint density at radius 3 is 2.67 bits per heavy atom. The van der Waals surface area contributed by atoms with Crippen molar-refractivity contribution in [2.24, 2.45) is 0 Å². The fourth-order valence-electron chi connectivity index (χ4n) is 4.12.